The van der Waals surface area contributed by atoms with E-state index in [1.54, 1.807) is 7.11 Å². The van der Waals surface area contributed by atoms with Crippen molar-refractivity contribution in [3.05, 3.63) is 80.9 Å². The number of nitrogens with one attached hydrogen (secondary N) is 1. The Kier molecular flexibility index (Phi) is 7.67. The second kappa shape index (κ2) is 11.5. The molecule has 2 aliphatic rings. The van der Waals surface area contributed by atoms with Gasteiger partial charge >= 0.3 is 0 Å². The van der Waals surface area contributed by atoms with Gasteiger partial charge in [0.25, 0.3) is 5.56 Å². The zero-order valence-electron chi connectivity index (χ0n) is 23.8. The van der Waals surface area contributed by atoms with E-state index in [0.29, 0.717) is 5.56 Å². The SMILES string of the molecule is COc1ccc(CN2CCN([C@H](c3cc4cc(C)c(C)cc4[nH]c3=O)c3nnnn3C3CCCCC3)CC2)cc1. The molecule has 0 bridgehead atoms. The molecule has 1 saturated carbocycles. The summed E-state index contributed by atoms with van der Waals surface area (Å²) in [5, 5.41) is 14.2. The number of aryl methyl sites for hydroxylation is 2. The van der Waals surface area contributed by atoms with E-state index in [1.165, 1.54) is 36.0 Å². The molecule has 6 rings (SSSR count). The number of hydrogen-bond donors (Lipinski definition) is 1. The van der Waals surface area contributed by atoms with Crippen LogP contribution < -0.4 is 10.3 Å². The molecule has 1 saturated heterocycles. The van der Waals surface area contributed by atoms with E-state index in [2.05, 4.69) is 74.5 Å². The number of H-pyrrole nitrogens is 1. The number of rotatable bonds is 7. The van der Waals surface area contributed by atoms with E-state index in [-0.39, 0.29) is 17.6 Å². The van der Waals surface area contributed by atoms with Gasteiger partial charge in [-0.1, -0.05) is 31.4 Å². The fourth-order valence-electron chi connectivity index (χ4n) is 6.33. The van der Waals surface area contributed by atoms with Crippen molar-refractivity contribution in [1.29, 1.82) is 0 Å². The fraction of sp³-hybridized carbons (Fsp3) is 0.484. The number of fused-ring (bicyclic) bond motifs is 1. The van der Waals surface area contributed by atoms with E-state index >= 15 is 0 Å². The standard InChI is InChI=1S/C31H39N7O2/c1-21-17-24-19-27(31(39)32-28(24)18-22(21)2)29(30-33-34-35-38(30)25-7-5-4-6-8-25)37-15-13-36(14-16-37)20-23-9-11-26(40-3)12-10-23/h9-12,17-19,25,29H,4-8,13-16,20H2,1-3H3,(H,32,39)/t29-/m1/s1. The molecule has 40 heavy (non-hydrogen) atoms. The minimum atomic E-state index is -0.310. The molecule has 210 valence electrons. The number of benzene rings is 2. The minimum Gasteiger partial charge on any atom is -0.497 e. The predicted octanol–water partition coefficient (Wildman–Crippen LogP) is 4.55. The molecule has 1 aliphatic heterocycles. The quantitative estimate of drug-likeness (QED) is 0.367. The number of tetrazole rings is 1. The lowest BCUT2D eigenvalue weighted by Crippen LogP contribution is -2.48. The summed E-state index contributed by atoms with van der Waals surface area (Å²) in [6.07, 6.45) is 5.79. The fourth-order valence-corrected chi connectivity index (χ4v) is 6.33. The Hall–Kier alpha value is -3.56. The maximum Gasteiger partial charge on any atom is 0.253 e. The van der Waals surface area contributed by atoms with E-state index in [1.807, 2.05) is 16.8 Å². The Bertz CT molecular complexity index is 1510. The Morgan fingerprint density at radius 3 is 2.42 bits per heavy atom. The number of hydrogen-bond acceptors (Lipinski definition) is 7. The van der Waals surface area contributed by atoms with E-state index in [9.17, 15) is 4.79 Å². The van der Waals surface area contributed by atoms with E-state index in [0.717, 1.165) is 68.0 Å². The Morgan fingerprint density at radius 1 is 0.975 bits per heavy atom. The number of aromatic nitrogens is 5. The zero-order valence-corrected chi connectivity index (χ0v) is 23.8. The molecule has 0 spiro atoms. The summed E-state index contributed by atoms with van der Waals surface area (Å²) < 4.78 is 7.34. The van der Waals surface area contributed by atoms with Crippen LogP contribution in [-0.2, 0) is 6.54 Å². The lowest BCUT2D eigenvalue weighted by Gasteiger charge is -2.39. The number of methoxy groups -OCH3 is 1. The number of aromatic amines is 1. The minimum absolute atomic E-state index is 0.0698. The van der Waals surface area contributed by atoms with Gasteiger partial charge in [0.1, 0.15) is 11.8 Å². The predicted molar refractivity (Wildman–Crippen MR) is 156 cm³/mol. The highest BCUT2D eigenvalue weighted by Crippen LogP contribution is 2.33. The summed E-state index contributed by atoms with van der Waals surface area (Å²) in [5.41, 5.74) is 5.16. The molecule has 0 amide bonds. The van der Waals surface area contributed by atoms with Crippen molar-refractivity contribution in [2.75, 3.05) is 33.3 Å². The molecule has 1 N–H and O–H groups in total. The third-order valence-corrected chi connectivity index (χ3v) is 8.80. The van der Waals surface area contributed by atoms with Gasteiger partial charge in [-0.2, -0.15) is 0 Å². The van der Waals surface area contributed by atoms with Crippen molar-refractivity contribution in [1.82, 2.24) is 35.0 Å². The van der Waals surface area contributed by atoms with Crippen molar-refractivity contribution in [2.45, 2.75) is 64.6 Å². The summed E-state index contributed by atoms with van der Waals surface area (Å²) in [4.78, 5) is 21.7. The van der Waals surface area contributed by atoms with Crippen LogP contribution in [0.3, 0.4) is 0 Å². The van der Waals surface area contributed by atoms with Crippen LogP contribution in [0.5, 0.6) is 5.75 Å². The molecule has 2 aromatic carbocycles. The summed E-state index contributed by atoms with van der Waals surface area (Å²) in [7, 11) is 1.69. The van der Waals surface area contributed by atoms with Crippen molar-refractivity contribution in [3.8, 4) is 5.75 Å². The topological polar surface area (TPSA) is 92.2 Å². The summed E-state index contributed by atoms with van der Waals surface area (Å²) >= 11 is 0. The lowest BCUT2D eigenvalue weighted by atomic mass is 9.95. The third kappa shape index (κ3) is 5.40. The van der Waals surface area contributed by atoms with Gasteiger partial charge in [0.05, 0.1) is 13.2 Å². The van der Waals surface area contributed by atoms with Crippen LogP contribution in [-0.4, -0.2) is 68.3 Å². The lowest BCUT2D eigenvalue weighted by molar-refractivity contribution is 0.0982. The number of nitrogens with zero attached hydrogens (tertiary/aromatic N) is 6. The smallest absolute Gasteiger partial charge is 0.253 e. The van der Waals surface area contributed by atoms with Crippen LogP contribution in [0, 0.1) is 13.8 Å². The normalized spacial score (nSPS) is 18.3. The molecule has 1 aliphatic carbocycles. The molecule has 3 heterocycles. The molecule has 0 unspecified atom stereocenters. The molecule has 4 aromatic rings. The molecule has 2 fully saturated rings. The Balaban J connectivity index is 1.32. The monoisotopic (exact) mass is 541 g/mol. The van der Waals surface area contributed by atoms with Crippen molar-refractivity contribution in [2.24, 2.45) is 0 Å². The molecular weight excluding hydrogens is 502 g/mol. The van der Waals surface area contributed by atoms with Crippen LogP contribution in [0.1, 0.15) is 72.3 Å². The van der Waals surface area contributed by atoms with Gasteiger partial charge < -0.3 is 9.72 Å². The largest absolute Gasteiger partial charge is 0.497 e. The van der Waals surface area contributed by atoms with Gasteiger partial charge in [-0.3, -0.25) is 14.6 Å². The van der Waals surface area contributed by atoms with Crippen LogP contribution in [0.2, 0.25) is 0 Å². The van der Waals surface area contributed by atoms with Gasteiger partial charge in [0.15, 0.2) is 5.82 Å². The molecule has 1 atom stereocenters. The number of piperazine rings is 1. The highest BCUT2D eigenvalue weighted by molar-refractivity contribution is 5.81. The van der Waals surface area contributed by atoms with Gasteiger partial charge in [0, 0.05) is 43.8 Å². The van der Waals surface area contributed by atoms with Gasteiger partial charge in [-0.15, -0.1) is 5.10 Å². The Labute approximate surface area is 235 Å². The van der Waals surface area contributed by atoms with E-state index < -0.39 is 0 Å². The van der Waals surface area contributed by atoms with Crippen LogP contribution >= 0.6 is 0 Å². The van der Waals surface area contributed by atoms with Crippen LogP contribution in [0.4, 0.5) is 0 Å². The van der Waals surface area contributed by atoms with Crippen LogP contribution in [0.25, 0.3) is 10.9 Å². The second-order valence-corrected chi connectivity index (χ2v) is 11.4. The number of ether oxygens (including phenoxy) is 1. The first-order valence-corrected chi connectivity index (χ1v) is 14.5. The average Bonchev–Trinajstić information content (AvgIpc) is 3.46. The first kappa shape index (κ1) is 26.7. The van der Waals surface area contributed by atoms with Gasteiger partial charge in [0.2, 0.25) is 0 Å². The summed E-state index contributed by atoms with van der Waals surface area (Å²) in [6, 6.07) is 14.6. The maximum absolute atomic E-state index is 13.7. The van der Waals surface area contributed by atoms with Gasteiger partial charge in [-0.25, -0.2) is 4.68 Å². The van der Waals surface area contributed by atoms with Crippen molar-refractivity contribution >= 4 is 10.9 Å². The number of pyridine rings is 1. The van der Waals surface area contributed by atoms with Crippen LogP contribution in [0.15, 0.2) is 47.3 Å². The zero-order chi connectivity index (χ0) is 27.6. The molecule has 9 nitrogen and oxygen atoms in total. The highest BCUT2D eigenvalue weighted by Gasteiger charge is 2.34. The maximum atomic E-state index is 13.7. The second-order valence-electron chi connectivity index (χ2n) is 11.4. The van der Waals surface area contributed by atoms with Gasteiger partial charge in [-0.05, 0) is 89.5 Å². The molecular formula is C31H39N7O2. The molecule has 2 aromatic heterocycles. The molecule has 0 radical (unpaired) electrons. The molecule has 9 heteroatoms. The van der Waals surface area contributed by atoms with E-state index in [4.69, 9.17) is 4.74 Å². The Morgan fingerprint density at radius 2 is 1.70 bits per heavy atom. The summed E-state index contributed by atoms with van der Waals surface area (Å²) in [6.45, 7) is 8.52. The van der Waals surface area contributed by atoms with Crippen molar-refractivity contribution in [3.63, 3.8) is 0 Å². The first-order chi connectivity index (χ1) is 19.5. The van der Waals surface area contributed by atoms with Crippen molar-refractivity contribution < 1.29 is 4.74 Å². The first-order valence-electron chi connectivity index (χ1n) is 14.5. The third-order valence-electron chi connectivity index (χ3n) is 8.80. The highest BCUT2D eigenvalue weighted by atomic mass is 16.5. The average molecular weight is 542 g/mol. The summed E-state index contributed by atoms with van der Waals surface area (Å²) in [5.74, 6) is 1.65.